The van der Waals surface area contributed by atoms with Crippen LogP contribution in [0.5, 0.6) is 5.75 Å². The molecule has 2 N–H and O–H groups in total. The van der Waals surface area contributed by atoms with E-state index in [0.29, 0.717) is 42.6 Å². The monoisotopic (exact) mass is 337 g/mol. The molecule has 2 fully saturated rings. The highest BCUT2D eigenvalue weighted by atomic mass is 35.5. The van der Waals surface area contributed by atoms with Crippen LogP contribution in [0.25, 0.3) is 0 Å². The number of rotatable bonds is 2. The van der Waals surface area contributed by atoms with Crippen LogP contribution in [-0.2, 0) is 11.2 Å². The molecule has 1 saturated carbocycles. The first-order valence-corrected chi connectivity index (χ1v) is 8.50. The number of hydrogen-bond donors (Lipinski definition) is 2. The van der Waals surface area contributed by atoms with E-state index in [1.807, 2.05) is 6.07 Å². The Labute approximate surface area is 139 Å². The third kappa shape index (κ3) is 2.42. The maximum Gasteiger partial charge on any atom is 0.255 e. The second kappa shape index (κ2) is 5.65. The number of halogens is 1. The number of fused-ring (bicyclic) bond motifs is 1. The van der Waals surface area contributed by atoms with Crippen molar-refractivity contribution in [3.8, 4) is 5.75 Å². The predicted molar refractivity (Wildman–Crippen MR) is 85.0 cm³/mol. The second-order valence-corrected chi connectivity index (χ2v) is 7.10. The van der Waals surface area contributed by atoms with Crippen LogP contribution < -0.4 is 10.1 Å². The van der Waals surface area contributed by atoms with Crippen LogP contribution in [0.1, 0.15) is 35.2 Å². The SMILES string of the molecule is O=C(N[C@@H]1C[C@@H](O)C12CCOCC2)c1cc(Cl)cc2c1OCC2. The van der Waals surface area contributed by atoms with Gasteiger partial charge in [-0.3, -0.25) is 4.79 Å². The van der Waals surface area contributed by atoms with Crippen molar-refractivity contribution in [3.05, 3.63) is 28.3 Å². The van der Waals surface area contributed by atoms with E-state index in [4.69, 9.17) is 21.1 Å². The van der Waals surface area contributed by atoms with Gasteiger partial charge in [0.05, 0.1) is 18.3 Å². The lowest BCUT2D eigenvalue weighted by molar-refractivity contribution is -0.145. The van der Waals surface area contributed by atoms with Crippen molar-refractivity contribution < 1.29 is 19.4 Å². The maximum atomic E-state index is 12.7. The van der Waals surface area contributed by atoms with Gasteiger partial charge in [0.15, 0.2) is 0 Å². The summed E-state index contributed by atoms with van der Waals surface area (Å²) in [7, 11) is 0. The molecule has 1 spiro atoms. The molecule has 1 aromatic rings. The fourth-order valence-electron chi connectivity index (χ4n) is 4.07. The minimum absolute atomic E-state index is 0.0232. The zero-order valence-electron chi connectivity index (χ0n) is 12.8. The van der Waals surface area contributed by atoms with Crippen LogP contribution >= 0.6 is 11.6 Å². The smallest absolute Gasteiger partial charge is 0.255 e. The highest BCUT2D eigenvalue weighted by Crippen LogP contribution is 2.49. The van der Waals surface area contributed by atoms with E-state index in [9.17, 15) is 9.90 Å². The molecular weight excluding hydrogens is 318 g/mol. The lowest BCUT2D eigenvalue weighted by Crippen LogP contribution is -2.65. The number of aliphatic hydroxyl groups excluding tert-OH is 1. The molecule has 2 aliphatic heterocycles. The van der Waals surface area contributed by atoms with Crippen LogP contribution in [-0.4, -0.2) is 43.0 Å². The molecule has 1 saturated heterocycles. The number of aliphatic hydroxyl groups is 1. The third-order valence-corrected chi connectivity index (χ3v) is 5.76. The Balaban J connectivity index is 1.55. The normalized spacial score (nSPS) is 27.9. The number of carbonyl (C=O) groups is 1. The Morgan fingerprint density at radius 1 is 1.30 bits per heavy atom. The van der Waals surface area contributed by atoms with Crippen LogP contribution in [0.2, 0.25) is 5.02 Å². The summed E-state index contributed by atoms with van der Waals surface area (Å²) in [5.74, 6) is 0.473. The molecule has 3 aliphatic rings. The van der Waals surface area contributed by atoms with Crippen molar-refractivity contribution in [1.29, 1.82) is 0 Å². The summed E-state index contributed by atoms with van der Waals surface area (Å²) < 4.78 is 11.0. The van der Waals surface area contributed by atoms with Gasteiger partial charge in [-0.1, -0.05) is 11.6 Å². The Kier molecular flexibility index (Phi) is 3.75. The standard InChI is InChI=1S/C17H20ClNO4/c18-11-7-10-1-4-23-15(10)12(8-11)16(21)19-13-9-14(20)17(13)2-5-22-6-3-17/h7-8,13-14,20H,1-6,9H2,(H,19,21)/t13-,14-/m1/s1. The zero-order valence-corrected chi connectivity index (χ0v) is 13.6. The number of amides is 1. The number of nitrogens with one attached hydrogen (secondary N) is 1. The van der Waals surface area contributed by atoms with Crippen LogP contribution in [0.15, 0.2) is 12.1 Å². The summed E-state index contributed by atoms with van der Waals surface area (Å²) >= 11 is 6.13. The van der Waals surface area contributed by atoms with Gasteiger partial charge in [-0.05, 0) is 37.0 Å². The van der Waals surface area contributed by atoms with Crippen molar-refractivity contribution in [2.45, 2.75) is 37.8 Å². The van der Waals surface area contributed by atoms with E-state index in [1.165, 1.54) is 0 Å². The van der Waals surface area contributed by atoms with Crippen molar-refractivity contribution in [1.82, 2.24) is 5.32 Å². The number of hydrogen-bond acceptors (Lipinski definition) is 4. The van der Waals surface area contributed by atoms with Gasteiger partial charge in [0.2, 0.25) is 0 Å². The van der Waals surface area contributed by atoms with Crippen molar-refractivity contribution in [3.63, 3.8) is 0 Å². The fourth-order valence-corrected chi connectivity index (χ4v) is 4.31. The van der Waals surface area contributed by atoms with Gasteiger partial charge < -0.3 is 19.9 Å². The molecule has 0 bridgehead atoms. The molecule has 4 rings (SSSR count). The highest BCUT2D eigenvalue weighted by Gasteiger charge is 2.55. The number of carbonyl (C=O) groups excluding carboxylic acids is 1. The van der Waals surface area contributed by atoms with Crippen LogP contribution in [0.3, 0.4) is 0 Å². The van der Waals surface area contributed by atoms with E-state index < -0.39 is 0 Å². The van der Waals surface area contributed by atoms with Gasteiger partial charge in [-0.2, -0.15) is 0 Å². The highest BCUT2D eigenvalue weighted by molar-refractivity contribution is 6.31. The van der Waals surface area contributed by atoms with Crippen LogP contribution in [0.4, 0.5) is 0 Å². The summed E-state index contributed by atoms with van der Waals surface area (Å²) in [5, 5.41) is 13.9. The topological polar surface area (TPSA) is 67.8 Å². The number of benzene rings is 1. The summed E-state index contributed by atoms with van der Waals surface area (Å²) in [6.07, 6.45) is 2.57. The average molecular weight is 338 g/mol. The Hall–Kier alpha value is -1.30. The largest absolute Gasteiger partial charge is 0.492 e. The molecular formula is C17H20ClNO4. The molecule has 6 heteroatoms. The van der Waals surface area contributed by atoms with Crippen molar-refractivity contribution >= 4 is 17.5 Å². The minimum Gasteiger partial charge on any atom is -0.492 e. The fraction of sp³-hybridized carbons (Fsp3) is 0.588. The molecule has 1 aromatic carbocycles. The molecule has 1 aliphatic carbocycles. The first-order valence-electron chi connectivity index (χ1n) is 8.12. The van der Waals surface area contributed by atoms with Gasteiger partial charge in [0.25, 0.3) is 5.91 Å². The molecule has 1 amide bonds. The summed E-state index contributed by atoms with van der Waals surface area (Å²) in [5.41, 5.74) is 1.24. The Bertz CT molecular complexity index is 642. The zero-order chi connectivity index (χ0) is 16.0. The molecule has 0 unspecified atom stereocenters. The minimum atomic E-state index is -0.363. The lowest BCUT2D eigenvalue weighted by atomic mass is 9.58. The van der Waals surface area contributed by atoms with E-state index in [-0.39, 0.29) is 23.5 Å². The summed E-state index contributed by atoms with van der Waals surface area (Å²) in [6.45, 7) is 1.86. The Morgan fingerprint density at radius 2 is 2.09 bits per heavy atom. The summed E-state index contributed by atoms with van der Waals surface area (Å²) in [6, 6.07) is 3.49. The van der Waals surface area contributed by atoms with Crippen LogP contribution in [0, 0.1) is 5.41 Å². The van der Waals surface area contributed by atoms with Crippen molar-refractivity contribution in [2.24, 2.45) is 5.41 Å². The van der Waals surface area contributed by atoms with E-state index in [1.54, 1.807) is 6.07 Å². The molecule has 5 nitrogen and oxygen atoms in total. The van der Waals surface area contributed by atoms with Gasteiger partial charge in [-0.15, -0.1) is 0 Å². The first-order chi connectivity index (χ1) is 11.1. The van der Waals surface area contributed by atoms with Gasteiger partial charge in [0, 0.05) is 36.1 Å². The van der Waals surface area contributed by atoms with Crippen molar-refractivity contribution in [2.75, 3.05) is 19.8 Å². The van der Waals surface area contributed by atoms with Gasteiger partial charge in [-0.25, -0.2) is 0 Å². The molecule has 124 valence electrons. The quantitative estimate of drug-likeness (QED) is 0.865. The van der Waals surface area contributed by atoms with E-state index in [0.717, 1.165) is 24.8 Å². The number of ether oxygens (including phenoxy) is 2. The average Bonchev–Trinajstić information content (AvgIpc) is 3.02. The third-order valence-electron chi connectivity index (χ3n) is 5.54. The molecule has 2 heterocycles. The van der Waals surface area contributed by atoms with Gasteiger partial charge in [0.1, 0.15) is 5.75 Å². The molecule has 23 heavy (non-hydrogen) atoms. The second-order valence-electron chi connectivity index (χ2n) is 6.66. The van der Waals surface area contributed by atoms with E-state index >= 15 is 0 Å². The first kappa shape index (κ1) is 15.2. The molecule has 0 radical (unpaired) electrons. The maximum absolute atomic E-state index is 12.7. The van der Waals surface area contributed by atoms with E-state index in [2.05, 4.69) is 5.32 Å². The molecule has 0 aromatic heterocycles. The Morgan fingerprint density at radius 3 is 2.83 bits per heavy atom. The molecule has 2 atom stereocenters. The summed E-state index contributed by atoms with van der Waals surface area (Å²) in [4.78, 5) is 12.7. The lowest BCUT2D eigenvalue weighted by Gasteiger charge is -2.55. The van der Waals surface area contributed by atoms with Gasteiger partial charge >= 0.3 is 0 Å². The predicted octanol–water partition coefficient (Wildman–Crippen LogP) is 1.93.